The molecule has 0 aromatic carbocycles. The number of aryl methyl sites for hydroxylation is 2. The number of Topliss-reactive ketones (excluding diaryl/α,β-unsaturated/α-hetero) is 1. The molecule has 4 nitrogen and oxygen atoms in total. The number of aromatic nitrogens is 1. The van der Waals surface area contributed by atoms with Gasteiger partial charge in [-0.3, -0.25) is 4.79 Å². The molecule has 1 aliphatic carbocycles. The topological polar surface area (TPSA) is 48.1 Å². The number of hydrogen-bond donors (Lipinski definition) is 0. The lowest BCUT2D eigenvalue weighted by molar-refractivity contribution is -0.472. The predicted molar refractivity (Wildman–Crippen MR) is 242 cm³/mol. The molecule has 1 aromatic heterocycles. The van der Waals surface area contributed by atoms with Crippen LogP contribution in [0.5, 0.6) is 0 Å². The smallest absolute Gasteiger partial charge is 0.219 e. The van der Waals surface area contributed by atoms with Gasteiger partial charge >= 0.3 is 0 Å². The Bertz CT molecular complexity index is 1400. The SMILES string of the molecule is CCCCCCCCCCCCCCCCCCn1c(C)cc(C)c1C1=C([O-])C(=C2C(C)=CC(C)=[N+]2CCCCCCCCCCCCCCCCCC)C1=O. The highest BCUT2D eigenvalue weighted by molar-refractivity contribution is 6.39. The third kappa shape index (κ3) is 16.5. The van der Waals surface area contributed by atoms with Gasteiger partial charge in [0, 0.05) is 42.8 Å². The van der Waals surface area contributed by atoms with Gasteiger partial charge in [0.1, 0.15) is 6.54 Å². The highest BCUT2D eigenvalue weighted by Gasteiger charge is 2.40. The van der Waals surface area contributed by atoms with Crippen LogP contribution in [-0.4, -0.2) is 27.2 Å². The van der Waals surface area contributed by atoms with Crippen molar-refractivity contribution >= 4 is 17.1 Å². The average molecular weight is 773 g/mol. The second-order valence-electron chi connectivity index (χ2n) is 18.0. The summed E-state index contributed by atoms with van der Waals surface area (Å²) in [5, 5.41) is 13.9. The van der Waals surface area contributed by atoms with Crippen molar-refractivity contribution in [1.29, 1.82) is 0 Å². The maximum Gasteiger partial charge on any atom is 0.219 e. The van der Waals surface area contributed by atoms with Crippen LogP contribution < -0.4 is 5.11 Å². The van der Waals surface area contributed by atoms with Crippen molar-refractivity contribution in [3.63, 3.8) is 0 Å². The minimum absolute atomic E-state index is 0.0566. The lowest BCUT2D eigenvalue weighted by Gasteiger charge is -2.32. The van der Waals surface area contributed by atoms with Crippen molar-refractivity contribution in [2.45, 2.75) is 254 Å². The summed E-state index contributed by atoms with van der Waals surface area (Å²) in [4.78, 5) is 13.9. The fraction of sp³-hybridized carbons (Fsp3) is 0.769. The van der Waals surface area contributed by atoms with E-state index in [-0.39, 0.29) is 11.5 Å². The molecule has 0 spiro atoms. The van der Waals surface area contributed by atoms with Crippen LogP contribution in [0.3, 0.4) is 0 Å². The first kappa shape index (κ1) is 48.0. The van der Waals surface area contributed by atoms with Gasteiger partial charge in [-0.2, -0.15) is 4.58 Å². The van der Waals surface area contributed by atoms with E-state index in [9.17, 15) is 9.90 Å². The Hall–Kier alpha value is -2.36. The summed E-state index contributed by atoms with van der Waals surface area (Å²) in [5.41, 5.74) is 6.96. The molecule has 0 unspecified atom stereocenters. The van der Waals surface area contributed by atoms with Crippen molar-refractivity contribution in [2.24, 2.45) is 0 Å². The van der Waals surface area contributed by atoms with Crippen molar-refractivity contribution in [2.75, 3.05) is 6.54 Å². The number of carbonyl (C=O) groups is 1. The van der Waals surface area contributed by atoms with E-state index < -0.39 is 0 Å². The first-order valence-electron chi connectivity index (χ1n) is 24.5. The minimum Gasteiger partial charge on any atom is -0.871 e. The zero-order chi connectivity index (χ0) is 40.4. The van der Waals surface area contributed by atoms with Crippen molar-refractivity contribution in [3.05, 3.63) is 51.7 Å². The van der Waals surface area contributed by atoms with E-state index in [1.807, 2.05) is 0 Å². The highest BCUT2D eigenvalue weighted by atomic mass is 16.3. The van der Waals surface area contributed by atoms with Gasteiger partial charge in [-0.15, -0.1) is 0 Å². The number of hydrogen-bond acceptors (Lipinski definition) is 2. The van der Waals surface area contributed by atoms with Crippen molar-refractivity contribution in [1.82, 2.24) is 4.57 Å². The molecule has 56 heavy (non-hydrogen) atoms. The van der Waals surface area contributed by atoms with E-state index in [2.05, 4.69) is 62.8 Å². The van der Waals surface area contributed by atoms with Crippen molar-refractivity contribution < 1.29 is 14.5 Å². The third-order valence-electron chi connectivity index (χ3n) is 12.8. The fourth-order valence-electron chi connectivity index (χ4n) is 9.40. The summed E-state index contributed by atoms with van der Waals surface area (Å²) in [6, 6.07) is 2.16. The Balaban J connectivity index is 1.36. The standard InChI is InChI=1S/C52H88N2O2/c1-7-9-11-13-15-17-19-21-23-25-27-29-31-33-35-37-39-53-45(5)41-43(3)49(53)47-51(55)48(52(47)56)50-44(4)42-46(6)54(50)40-38-36-34-32-30-28-26-24-22-20-18-16-14-12-10-8-2/h41-42H,7-40H2,1-6H3. The van der Waals surface area contributed by atoms with E-state index in [0.717, 1.165) is 59.9 Å². The molecule has 0 atom stereocenters. The monoisotopic (exact) mass is 773 g/mol. The Morgan fingerprint density at radius 3 is 1.29 bits per heavy atom. The summed E-state index contributed by atoms with van der Waals surface area (Å²) in [5.74, 6) is -0.113. The van der Waals surface area contributed by atoms with Gasteiger partial charge in [-0.25, -0.2) is 0 Å². The fourth-order valence-corrected chi connectivity index (χ4v) is 9.40. The maximum atomic E-state index is 13.9. The second-order valence-corrected chi connectivity index (χ2v) is 18.0. The quantitative estimate of drug-likeness (QED) is 0.0392. The number of carbonyl (C=O) groups excluding carboxylic acids is 1. The molecule has 4 heteroatoms. The molecule has 0 saturated carbocycles. The summed E-state index contributed by atoms with van der Waals surface area (Å²) in [6.45, 7) is 14.7. The average Bonchev–Trinajstić information content (AvgIpc) is 3.61. The molecule has 0 fully saturated rings. The number of nitrogens with zero attached hydrogens (tertiary/aromatic N) is 2. The van der Waals surface area contributed by atoms with Gasteiger partial charge < -0.3 is 9.67 Å². The lowest BCUT2D eigenvalue weighted by Crippen LogP contribution is -2.34. The van der Waals surface area contributed by atoms with Gasteiger partial charge in [-0.1, -0.05) is 206 Å². The largest absolute Gasteiger partial charge is 0.871 e. The third-order valence-corrected chi connectivity index (χ3v) is 12.8. The molecule has 0 N–H and O–H groups in total. The molecular formula is C52H88N2O2. The van der Waals surface area contributed by atoms with E-state index in [1.165, 1.54) is 193 Å². The predicted octanol–water partition coefficient (Wildman–Crippen LogP) is 15.0. The Kier molecular flexibility index (Phi) is 24.8. The normalized spacial score (nSPS) is 15.8. The van der Waals surface area contributed by atoms with Crippen molar-refractivity contribution in [3.8, 4) is 0 Å². The summed E-state index contributed by atoms with van der Waals surface area (Å²) in [7, 11) is 0. The summed E-state index contributed by atoms with van der Waals surface area (Å²) in [6.07, 6.45) is 45.6. The summed E-state index contributed by atoms with van der Waals surface area (Å²) >= 11 is 0. The van der Waals surface area contributed by atoms with Crippen LogP contribution in [0.25, 0.3) is 5.57 Å². The number of ketones is 1. The molecule has 318 valence electrons. The zero-order valence-electron chi connectivity index (χ0n) is 37.9. The van der Waals surface area contributed by atoms with E-state index in [1.54, 1.807) is 0 Å². The van der Waals surface area contributed by atoms with Crippen LogP contribution in [0.15, 0.2) is 34.7 Å². The Morgan fingerprint density at radius 1 is 0.518 bits per heavy atom. The molecular weight excluding hydrogens is 685 g/mol. The van der Waals surface area contributed by atoms with E-state index in [0.29, 0.717) is 11.1 Å². The van der Waals surface area contributed by atoms with Gasteiger partial charge in [0.05, 0.1) is 11.3 Å². The van der Waals surface area contributed by atoms with Crippen LogP contribution in [0.4, 0.5) is 0 Å². The van der Waals surface area contributed by atoms with Gasteiger partial charge in [0.15, 0.2) is 5.71 Å². The first-order valence-corrected chi connectivity index (χ1v) is 24.5. The number of unbranched alkanes of at least 4 members (excludes halogenated alkanes) is 30. The van der Waals surface area contributed by atoms with Gasteiger partial charge in [0.25, 0.3) is 0 Å². The van der Waals surface area contributed by atoms with Crippen LogP contribution >= 0.6 is 0 Å². The van der Waals surface area contributed by atoms with Gasteiger partial charge in [0.2, 0.25) is 11.5 Å². The zero-order valence-corrected chi connectivity index (χ0v) is 37.9. The van der Waals surface area contributed by atoms with Crippen LogP contribution in [0, 0.1) is 13.8 Å². The van der Waals surface area contributed by atoms with Crippen LogP contribution in [-0.2, 0) is 11.3 Å². The molecule has 0 bridgehead atoms. The lowest BCUT2D eigenvalue weighted by atomic mass is 9.82. The number of rotatable bonds is 35. The number of allylic oxidation sites excluding steroid dienone is 4. The molecule has 1 aromatic rings. The molecule has 0 saturated heterocycles. The maximum absolute atomic E-state index is 13.9. The first-order chi connectivity index (χ1) is 27.3. The molecule has 0 amide bonds. The molecule has 0 radical (unpaired) electrons. The molecule has 1 aliphatic heterocycles. The minimum atomic E-state index is -0.0566. The Morgan fingerprint density at radius 2 is 0.893 bits per heavy atom. The second kappa shape index (κ2) is 28.9. The van der Waals surface area contributed by atoms with E-state index in [4.69, 9.17) is 0 Å². The summed E-state index contributed by atoms with van der Waals surface area (Å²) < 4.78 is 4.52. The molecule has 2 heterocycles. The van der Waals surface area contributed by atoms with Gasteiger partial charge in [-0.05, 0) is 45.2 Å². The van der Waals surface area contributed by atoms with E-state index >= 15 is 0 Å². The Labute approximate surface area is 346 Å². The van der Waals surface area contributed by atoms with Crippen LogP contribution in [0.2, 0.25) is 0 Å². The molecule has 2 aliphatic rings. The molecule has 3 rings (SSSR count). The highest BCUT2D eigenvalue weighted by Crippen LogP contribution is 2.41. The van der Waals surface area contributed by atoms with Crippen LogP contribution in [0.1, 0.15) is 250 Å².